The van der Waals surface area contributed by atoms with E-state index in [1.54, 1.807) is 0 Å². The average Bonchev–Trinajstić information content (AvgIpc) is 2.96. The van der Waals surface area contributed by atoms with Crippen LogP contribution >= 0.6 is 11.3 Å². The maximum Gasteiger partial charge on any atom is 0.144 e. The van der Waals surface area contributed by atoms with Gasteiger partial charge in [0.2, 0.25) is 0 Å². The molecule has 1 saturated heterocycles. The van der Waals surface area contributed by atoms with Crippen molar-refractivity contribution >= 4 is 27.4 Å². The van der Waals surface area contributed by atoms with Gasteiger partial charge in [-0.05, 0) is 18.7 Å². The molecule has 3 heterocycles. The summed E-state index contributed by atoms with van der Waals surface area (Å²) >= 11 is 1.47. The molecule has 1 aliphatic rings. The van der Waals surface area contributed by atoms with Crippen molar-refractivity contribution in [3.8, 4) is 0 Å². The Labute approximate surface area is 120 Å². The molecule has 3 rings (SSSR count). The molecular weight excluding hydrogens is 276 g/mol. The molecule has 20 heavy (non-hydrogen) atoms. The van der Waals surface area contributed by atoms with Crippen LogP contribution in [0.4, 0.5) is 5.82 Å². The molecule has 0 bridgehead atoms. The fourth-order valence-electron chi connectivity index (χ4n) is 2.66. The number of rotatable bonds is 2. The number of aliphatic hydroxyl groups is 1. The van der Waals surface area contributed by atoms with Gasteiger partial charge in [0.05, 0.1) is 21.9 Å². The van der Waals surface area contributed by atoms with E-state index in [-0.39, 0.29) is 6.10 Å². The van der Waals surface area contributed by atoms with Crippen LogP contribution in [-0.4, -0.2) is 32.8 Å². The summed E-state index contributed by atoms with van der Waals surface area (Å²) in [7, 11) is 0. The highest BCUT2D eigenvalue weighted by Crippen LogP contribution is 2.44. The summed E-state index contributed by atoms with van der Waals surface area (Å²) in [5, 5.41) is 12.2. The quantitative estimate of drug-likeness (QED) is 0.768. The molecule has 0 saturated carbocycles. The van der Waals surface area contributed by atoms with Crippen molar-refractivity contribution in [1.29, 1.82) is 0 Å². The van der Waals surface area contributed by atoms with Gasteiger partial charge in [-0.25, -0.2) is 9.97 Å². The number of aliphatic hydroxyl groups excluding tert-OH is 1. The van der Waals surface area contributed by atoms with Crippen LogP contribution in [0.15, 0.2) is 11.7 Å². The van der Waals surface area contributed by atoms with Crippen molar-refractivity contribution in [1.82, 2.24) is 9.97 Å². The zero-order valence-corrected chi connectivity index (χ0v) is 12.2. The molecule has 108 valence electrons. The highest BCUT2D eigenvalue weighted by atomic mass is 32.1. The molecule has 0 spiro atoms. The van der Waals surface area contributed by atoms with Crippen LogP contribution < -0.4 is 11.5 Å². The van der Waals surface area contributed by atoms with Crippen LogP contribution in [0, 0.1) is 0 Å². The van der Waals surface area contributed by atoms with Crippen LogP contribution in [0.5, 0.6) is 0 Å². The van der Waals surface area contributed by atoms with E-state index in [1.807, 2.05) is 19.2 Å². The number of thiophene rings is 1. The Kier molecular flexibility index (Phi) is 3.17. The zero-order chi connectivity index (χ0) is 14.5. The molecule has 1 aliphatic heterocycles. The Bertz CT molecular complexity index is 646. The minimum absolute atomic E-state index is 0.377. The maximum absolute atomic E-state index is 10.3. The Morgan fingerprint density at radius 3 is 2.90 bits per heavy atom. The van der Waals surface area contributed by atoms with E-state index in [9.17, 15) is 5.11 Å². The maximum atomic E-state index is 10.3. The summed E-state index contributed by atoms with van der Waals surface area (Å²) in [6.07, 6.45) is 1.05. The number of aromatic nitrogens is 2. The fraction of sp³-hybridized carbons (Fsp3) is 0.538. The van der Waals surface area contributed by atoms with E-state index in [1.165, 1.54) is 17.7 Å². The topological polar surface area (TPSA) is 107 Å². The molecule has 6 nitrogen and oxygen atoms in total. The first-order chi connectivity index (χ1) is 9.48. The third-order valence-corrected chi connectivity index (χ3v) is 5.16. The molecule has 2 aromatic heterocycles. The lowest BCUT2D eigenvalue weighted by molar-refractivity contribution is -0.0722. The largest absolute Gasteiger partial charge is 0.388 e. The van der Waals surface area contributed by atoms with Crippen LogP contribution in [0.3, 0.4) is 0 Å². The van der Waals surface area contributed by atoms with Crippen LogP contribution in [0.25, 0.3) is 10.2 Å². The van der Waals surface area contributed by atoms with Crippen LogP contribution in [0.1, 0.15) is 31.9 Å². The van der Waals surface area contributed by atoms with Crippen molar-refractivity contribution in [3.63, 3.8) is 0 Å². The minimum Gasteiger partial charge on any atom is -0.388 e. The van der Waals surface area contributed by atoms with E-state index in [4.69, 9.17) is 16.2 Å². The molecule has 0 radical (unpaired) electrons. The predicted molar refractivity (Wildman–Crippen MR) is 78.3 cm³/mol. The number of nitrogen functional groups attached to an aromatic ring is 1. The smallest absolute Gasteiger partial charge is 0.144 e. The molecule has 7 heteroatoms. The van der Waals surface area contributed by atoms with Crippen LogP contribution in [0.2, 0.25) is 0 Å². The van der Waals surface area contributed by atoms with E-state index in [0.717, 1.165) is 15.8 Å². The van der Waals surface area contributed by atoms with Gasteiger partial charge in [0, 0.05) is 5.56 Å². The van der Waals surface area contributed by atoms with Crippen molar-refractivity contribution in [2.24, 2.45) is 5.73 Å². The first-order valence-electron chi connectivity index (χ1n) is 6.57. The third-order valence-electron chi connectivity index (χ3n) is 4.15. The SMILES string of the molecule is CC[C@]1(C)O[C@@H](c2csc3c(N)ncnc23)[C@H](N)[C@@H]1O. The van der Waals surface area contributed by atoms with Gasteiger partial charge in [-0.3, -0.25) is 0 Å². The highest BCUT2D eigenvalue weighted by molar-refractivity contribution is 7.17. The number of hydrogen-bond donors (Lipinski definition) is 3. The average molecular weight is 294 g/mol. The van der Waals surface area contributed by atoms with Gasteiger partial charge in [0.15, 0.2) is 0 Å². The van der Waals surface area contributed by atoms with E-state index in [2.05, 4.69) is 9.97 Å². The summed E-state index contributed by atoms with van der Waals surface area (Å²) < 4.78 is 6.88. The van der Waals surface area contributed by atoms with Gasteiger partial charge in [-0.1, -0.05) is 6.92 Å². The van der Waals surface area contributed by atoms with Crippen molar-refractivity contribution < 1.29 is 9.84 Å². The Morgan fingerprint density at radius 2 is 2.25 bits per heavy atom. The predicted octanol–water partition coefficient (Wildman–Crippen LogP) is 1.20. The monoisotopic (exact) mass is 294 g/mol. The molecule has 4 atom stereocenters. The summed E-state index contributed by atoms with van der Waals surface area (Å²) in [4.78, 5) is 8.26. The molecule has 0 aromatic carbocycles. The van der Waals surface area contributed by atoms with Gasteiger partial charge in [0.25, 0.3) is 0 Å². The van der Waals surface area contributed by atoms with E-state index < -0.39 is 17.7 Å². The van der Waals surface area contributed by atoms with Gasteiger partial charge in [0.1, 0.15) is 24.4 Å². The van der Waals surface area contributed by atoms with Crippen molar-refractivity contribution in [2.45, 2.75) is 44.1 Å². The second-order valence-corrected chi connectivity index (χ2v) is 6.23. The van der Waals surface area contributed by atoms with Crippen LogP contribution in [-0.2, 0) is 4.74 Å². The summed E-state index contributed by atoms with van der Waals surface area (Å²) in [6, 6.07) is -0.478. The molecule has 0 amide bonds. The summed E-state index contributed by atoms with van der Waals surface area (Å²) in [5.74, 6) is 0.455. The second-order valence-electron chi connectivity index (χ2n) is 5.35. The lowest BCUT2D eigenvalue weighted by Gasteiger charge is -2.26. The first kappa shape index (κ1) is 13.7. The minimum atomic E-state index is -0.702. The van der Waals surface area contributed by atoms with E-state index in [0.29, 0.717) is 12.2 Å². The third kappa shape index (κ3) is 1.81. The van der Waals surface area contributed by atoms with Gasteiger partial charge >= 0.3 is 0 Å². The Balaban J connectivity index is 2.06. The van der Waals surface area contributed by atoms with Gasteiger partial charge in [-0.15, -0.1) is 11.3 Å². The summed E-state index contributed by atoms with van der Waals surface area (Å²) in [6.45, 7) is 3.86. The molecule has 1 fully saturated rings. The van der Waals surface area contributed by atoms with E-state index >= 15 is 0 Å². The molecule has 0 aliphatic carbocycles. The highest BCUT2D eigenvalue weighted by Gasteiger charge is 2.50. The fourth-order valence-corrected chi connectivity index (χ4v) is 3.61. The van der Waals surface area contributed by atoms with Crippen molar-refractivity contribution in [3.05, 3.63) is 17.3 Å². The van der Waals surface area contributed by atoms with Gasteiger partial charge in [-0.2, -0.15) is 0 Å². The second kappa shape index (κ2) is 4.63. The lowest BCUT2D eigenvalue weighted by Crippen LogP contribution is -2.43. The zero-order valence-electron chi connectivity index (χ0n) is 11.4. The number of nitrogens with zero attached hydrogens (tertiary/aromatic N) is 2. The number of anilines is 1. The summed E-state index contributed by atoms with van der Waals surface area (Å²) in [5.41, 5.74) is 13.0. The first-order valence-corrected chi connectivity index (χ1v) is 7.45. The normalized spacial score (nSPS) is 33.9. The van der Waals surface area contributed by atoms with Gasteiger partial charge < -0.3 is 21.3 Å². The number of ether oxygens (including phenoxy) is 1. The number of nitrogens with two attached hydrogens (primary N) is 2. The molecule has 0 unspecified atom stereocenters. The molecular formula is C13H18N4O2S. The Morgan fingerprint density at radius 1 is 1.50 bits per heavy atom. The standard InChI is InChI=1S/C13H18N4O2S/c1-3-13(2)11(18)7(14)9(19-13)6-4-20-10-8(6)16-5-17-12(10)15/h4-5,7,9,11,18H,3,14H2,1-2H3,(H2,15,16,17)/t7-,9-,11-,13-/m0/s1. The molecule has 2 aromatic rings. The Hall–Kier alpha value is -1.28. The van der Waals surface area contributed by atoms with Crippen molar-refractivity contribution in [2.75, 3.05) is 5.73 Å². The lowest BCUT2D eigenvalue weighted by atomic mass is 9.92. The number of fused-ring (bicyclic) bond motifs is 1. The number of hydrogen-bond acceptors (Lipinski definition) is 7. The molecule has 5 N–H and O–H groups in total.